The molecule has 0 spiro atoms. The molecule has 0 fully saturated rings. The summed E-state index contributed by atoms with van der Waals surface area (Å²) in [6.07, 6.45) is 1.63. The Bertz CT molecular complexity index is 425. The quantitative estimate of drug-likeness (QED) is 0.778. The van der Waals surface area contributed by atoms with Crippen molar-refractivity contribution in [1.29, 1.82) is 0 Å². The highest BCUT2D eigenvalue weighted by Gasteiger charge is 2.41. The fraction of sp³-hybridized carbons (Fsp3) is 0.182. The van der Waals surface area contributed by atoms with E-state index in [0.29, 0.717) is 12.0 Å². The second kappa shape index (κ2) is 3.04. The minimum atomic E-state index is -1.40. The molecule has 72 valence electrons. The molecule has 0 heterocycles. The van der Waals surface area contributed by atoms with Crippen LogP contribution in [0.4, 0.5) is 0 Å². The first-order valence-corrected chi connectivity index (χ1v) is 5.05. The molecular weight excluding hydrogens is 244 g/mol. The van der Waals surface area contributed by atoms with E-state index in [4.69, 9.17) is 0 Å². The van der Waals surface area contributed by atoms with E-state index < -0.39 is 5.60 Å². The van der Waals surface area contributed by atoms with Crippen molar-refractivity contribution in [3.63, 3.8) is 0 Å². The smallest absolute Gasteiger partial charge is 0.198 e. The summed E-state index contributed by atoms with van der Waals surface area (Å²) in [5.74, 6) is -0.255. The molecule has 1 unspecified atom stereocenters. The van der Waals surface area contributed by atoms with Gasteiger partial charge in [-0.3, -0.25) is 4.79 Å². The van der Waals surface area contributed by atoms with Gasteiger partial charge in [-0.25, -0.2) is 0 Å². The van der Waals surface area contributed by atoms with Crippen LogP contribution in [-0.2, 0) is 6.42 Å². The predicted molar refractivity (Wildman–Crippen MR) is 57.3 cm³/mol. The van der Waals surface area contributed by atoms with Crippen molar-refractivity contribution >= 4 is 21.7 Å². The molecule has 2 rings (SSSR count). The number of hydrogen-bond donors (Lipinski definition) is 1. The van der Waals surface area contributed by atoms with E-state index in [0.717, 1.165) is 10.0 Å². The van der Waals surface area contributed by atoms with E-state index in [9.17, 15) is 9.90 Å². The van der Waals surface area contributed by atoms with Gasteiger partial charge in [0.1, 0.15) is 5.60 Å². The highest BCUT2D eigenvalue weighted by Crippen LogP contribution is 2.32. The molecule has 0 amide bonds. The van der Waals surface area contributed by atoms with Gasteiger partial charge in [-0.1, -0.05) is 28.6 Å². The molecule has 0 aromatic heterocycles. The number of aliphatic hydroxyl groups is 1. The van der Waals surface area contributed by atoms with Crippen molar-refractivity contribution < 1.29 is 9.90 Å². The Morgan fingerprint density at radius 1 is 1.57 bits per heavy atom. The number of rotatable bonds is 1. The number of Topliss-reactive ketones (excluding diaryl/α,β-unsaturated/α-hetero) is 1. The minimum absolute atomic E-state index is 0.255. The highest BCUT2D eigenvalue weighted by atomic mass is 79.9. The fourth-order valence-electron chi connectivity index (χ4n) is 1.70. The number of ketones is 1. The molecule has 14 heavy (non-hydrogen) atoms. The number of hydrogen-bond acceptors (Lipinski definition) is 2. The molecule has 0 saturated carbocycles. The molecule has 0 radical (unpaired) electrons. The first-order valence-electron chi connectivity index (χ1n) is 4.26. The molecular formula is C11H9BrO2. The molecule has 3 heteroatoms. The van der Waals surface area contributed by atoms with Crippen molar-refractivity contribution in [3.05, 3.63) is 46.5 Å². The second-order valence-corrected chi connectivity index (χ2v) is 4.35. The van der Waals surface area contributed by atoms with Crippen molar-refractivity contribution in [2.75, 3.05) is 0 Å². The van der Waals surface area contributed by atoms with Gasteiger partial charge in [0, 0.05) is 16.5 Å². The molecule has 1 aromatic carbocycles. The number of carbonyl (C=O) groups is 1. The first-order chi connectivity index (χ1) is 6.57. The van der Waals surface area contributed by atoms with Crippen LogP contribution in [0.2, 0.25) is 0 Å². The lowest BCUT2D eigenvalue weighted by atomic mass is 10.00. The fourth-order valence-corrected chi connectivity index (χ4v) is 2.11. The molecule has 1 N–H and O–H groups in total. The summed E-state index contributed by atoms with van der Waals surface area (Å²) >= 11 is 3.33. The zero-order valence-electron chi connectivity index (χ0n) is 7.46. The lowest BCUT2D eigenvalue weighted by molar-refractivity contribution is 0.0577. The van der Waals surface area contributed by atoms with Gasteiger partial charge in [0.05, 0.1) is 0 Å². The molecule has 1 aliphatic rings. The van der Waals surface area contributed by atoms with Crippen molar-refractivity contribution in [2.45, 2.75) is 12.0 Å². The Balaban J connectivity index is 2.56. The molecule has 0 bridgehead atoms. The SMILES string of the molecule is C=CC1(O)Cc2cc(Br)ccc2C1=O. The summed E-state index contributed by atoms with van der Waals surface area (Å²) in [7, 11) is 0. The van der Waals surface area contributed by atoms with Crippen LogP contribution in [0.15, 0.2) is 35.3 Å². The summed E-state index contributed by atoms with van der Waals surface area (Å²) in [6, 6.07) is 5.38. The maximum absolute atomic E-state index is 11.7. The summed E-state index contributed by atoms with van der Waals surface area (Å²) < 4.78 is 0.914. The number of halogens is 1. The van der Waals surface area contributed by atoms with E-state index in [1.165, 1.54) is 6.08 Å². The predicted octanol–water partition coefficient (Wildman–Crippen LogP) is 2.10. The van der Waals surface area contributed by atoms with Gasteiger partial charge in [0.25, 0.3) is 0 Å². The van der Waals surface area contributed by atoms with Crippen molar-refractivity contribution in [1.82, 2.24) is 0 Å². The van der Waals surface area contributed by atoms with Crippen LogP contribution in [0.25, 0.3) is 0 Å². The minimum Gasteiger partial charge on any atom is -0.377 e. The second-order valence-electron chi connectivity index (χ2n) is 3.44. The van der Waals surface area contributed by atoms with Crippen LogP contribution in [0.3, 0.4) is 0 Å². The van der Waals surface area contributed by atoms with Crippen LogP contribution in [0.5, 0.6) is 0 Å². The Labute approximate surface area is 90.4 Å². The summed E-state index contributed by atoms with van der Waals surface area (Å²) in [4.78, 5) is 11.7. The van der Waals surface area contributed by atoms with Crippen molar-refractivity contribution in [3.8, 4) is 0 Å². The lowest BCUT2D eigenvalue weighted by Crippen LogP contribution is -2.32. The normalized spacial score (nSPS) is 24.9. The molecule has 0 saturated heterocycles. The van der Waals surface area contributed by atoms with Gasteiger partial charge in [-0.05, 0) is 23.8 Å². The highest BCUT2D eigenvalue weighted by molar-refractivity contribution is 9.10. The van der Waals surface area contributed by atoms with E-state index in [-0.39, 0.29) is 5.78 Å². The molecule has 1 atom stereocenters. The van der Waals surface area contributed by atoms with Gasteiger partial charge in [0.2, 0.25) is 0 Å². The third-order valence-corrected chi connectivity index (χ3v) is 3.00. The monoisotopic (exact) mass is 252 g/mol. The number of fused-ring (bicyclic) bond motifs is 1. The van der Waals surface area contributed by atoms with Crippen LogP contribution in [0.1, 0.15) is 15.9 Å². The maximum atomic E-state index is 11.7. The van der Waals surface area contributed by atoms with Gasteiger partial charge in [-0.15, -0.1) is 0 Å². The standard InChI is InChI=1S/C11H9BrO2/c1-2-11(14)6-7-5-8(12)3-4-9(7)10(11)13/h2-5,14H,1,6H2. The van der Waals surface area contributed by atoms with E-state index in [1.807, 2.05) is 6.07 Å². The molecule has 1 aliphatic carbocycles. The molecule has 2 nitrogen and oxygen atoms in total. The first kappa shape index (κ1) is 9.62. The van der Waals surface area contributed by atoms with Crippen LogP contribution in [-0.4, -0.2) is 16.5 Å². The van der Waals surface area contributed by atoms with Gasteiger partial charge in [-0.2, -0.15) is 0 Å². The van der Waals surface area contributed by atoms with Crippen LogP contribution < -0.4 is 0 Å². The Hall–Kier alpha value is -0.930. The van der Waals surface area contributed by atoms with Gasteiger partial charge < -0.3 is 5.11 Å². The van der Waals surface area contributed by atoms with E-state index in [2.05, 4.69) is 22.5 Å². The lowest BCUT2D eigenvalue weighted by Gasteiger charge is -2.13. The maximum Gasteiger partial charge on any atom is 0.198 e. The Kier molecular flexibility index (Phi) is 2.09. The van der Waals surface area contributed by atoms with E-state index >= 15 is 0 Å². The summed E-state index contributed by atoms with van der Waals surface area (Å²) in [5.41, 5.74) is 0.0609. The van der Waals surface area contributed by atoms with Gasteiger partial charge >= 0.3 is 0 Å². The topological polar surface area (TPSA) is 37.3 Å². The molecule has 0 aliphatic heterocycles. The van der Waals surface area contributed by atoms with Crippen molar-refractivity contribution in [2.24, 2.45) is 0 Å². The Morgan fingerprint density at radius 3 is 2.93 bits per heavy atom. The average Bonchev–Trinajstić information content (AvgIpc) is 2.40. The summed E-state index contributed by atoms with van der Waals surface area (Å²) in [5, 5.41) is 9.90. The largest absolute Gasteiger partial charge is 0.377 e. The van der Waals surface area contributed by atoms with Gasteiger partial charge in [0.15, 0.2) is 5.78 Å². The van der Waals surface area contributed by atoms with E-state index in [1.54, 1.807) is 12.1 Å². The third kappa shape index (κ3) is 1.24. The zero-order valence-corrected chi connectivity index (χ0v) is 9.04. The molecule has 1 aromatic rings. The Morgan fingerprint density at radius 2 is 2.29 bits per heavy atom. The summed E-state index contributed by atoms with van der Waals surface area (Å²) in [6.45, 7) is 3.49. The zero-order chi connectivity index (χ0) is 10.3. The third-order valence-electron chi connectivity index (χ3n) is 2.50. The average molecular weight is 253 g/mol. The number of carbonyl (C=O) groups excluding carboxylic acids is 1. The number of benzene rings is 1. The van der Waals surface area contributed by atoms with Crippen LogP contribution in [0, 0.1) is 0 Å². The van der Waals surface area contributed by atoms with Crippen LogP contribution >= 0.6 is 15.9 Å².